The molecule has 29 heavy (non-hydrogen) atoms. The van der Waals surface area contributed by atoms with Crippen LogP contribution in [0.3, 0.4) is 0 Å². The lowest BCUT2D eigenvalue weighted by Gasteiger charge is -2.01. The van der Waals surface area contributed by atoms with Crippen LogP contribution < -0.4 is 5.43 Å². The first-order valence-electron chi connectivity index (χ1n) is 8.77. The van der Waals surface area contributed by atoms with Gasteiger partial charge in [0.2, 0.25) is 0 Å². The second kappa shape index (κ2) is 8.04. The monoisotopic (exact) mass is 401 g/mol. The minimum Gasteiger partial charge on any atom is -0.266 e. The molecule has 0 saturated carbocycles. The summed E-state index contributed by atoms with van der Waals surface area (Å²) >= 11 is 1.26. The van der Waals surface area contributed by atoms with E-state index in [2.05, 4.69) is 10.5 Å². The van der Waals surface area contributed by atoms with Crippen LogP contribution in [0.15, 0.2) is 84.0 Å². The van der Waals surface area contributed by atoms with Crippen LogP contribution in [0.5, 0.6) is 0 Å². The minimum absolute atomic E-state index is 0.000714. The molecule has 1 aromatic heterocycles. The predicted octanol–water partition coefficient (Wildman–Crippen LogP) is 5.24. The third-order valence-corrected chi connectivity index (χ3v) is 5.45. The molecule has 0 aliphatic carbocycles. The van der Waals surface area contributed by atoms with Gasteiger partial charge in [0, 0.05) is 22.2 Å². The number of rotatable bonds is 5. The first-order valence-corrected chi connectivity index (χ1v) is 9.59. The molecule has 0 aliphatic heterocycles. The maximum absolute atomic E-state index is 12.3. The smallest absolute Gasteiger partial charge is 0.266 e. The molecule has 4 rings (SSSR count). The number of non-ortho nitro benzene ring substituents is 1. The number of carbonyl (C=O) groups excluding carboxylic acids is 1. The number of carbonyl (C=O) groups is 1. The van der Waals surface area contributed by atoms with Crippen molar-refractivity contribution in [2.45, 2.75) is 0 Å². The van der Waals surface area contributed by atoms with Crippen LogP contribution in [0.1, 0.15) is 15.2 Å². The van der Waals surface area contributed by atoms with Gasteiger partial charge in [-0.15, -0.1) is 11.3 Å². The maximum atomic E-state index is 12.3. The highest BCUT2D eigenvalue weighted by atomic mass is 32.1. The molecule has 0 atom stereocenters. The lowest BCUT2D eigenvalue weighted by molar-refractivity contribution is -0.384. The molecule has 0 fully saturated rings. The van der Waals surface area contributed by atoms with E-state index in [1.54, 1.807) is 18.3 Å². The Balaban J connectivity index is 1.43. The first-order chi connectivity index (χ1) is 14.1. The number of benzene rings is 3. The van der Waals surface area contributed by atoms with E-state index in [4.69, 9.17) is 0 Å². The highest BCUT2D eigenvalue weighted by molar-refractivity contribution is 7.20. The normalized spacial score (nSPS) is 11.0. The number of fused-ring (bicyclic) bond motifs is 1. The molecule has 1 amide bonds. The number of hydrazone groups is 1. The number of nitro benzene ring substituents is 1. The lowest BCUT2D eigenvalue weighted by atomic mass is 10.0. The molecule has 3 aromatic carbocycles. The summed E-state index contributed by atoms with van der Waals surface area (Å²) < 4.78 is 0.807. The van der Waals surface area contributed by atoms with Gasteiger partial charge in [0.1, 0.15) is 0 Å². The molecule has 0 radical (unpaired) electrons. The summed E-state index contributed by atoms with van der Waals surface area (Å²) in [6.07, 6.45) is 1.57. The summed E-state index contributed by atoms with van der Waals surface area (Å²) in [7, 11) is 0. The Bertz CT molecular complexity index is 1220. The number of hydrogen-bond donors (Lipinski definition) is 1. The van der Waals surface area contributed by atoms with E-state index in [1.165, 1.54) is 23.5 Å². The quantitative estimate of drug-likeness (QED) is 0.282. The second-order valence-electron chi connectivity index (χ2n) is 6.28. The van der Waals surface area contributed by atoms with Gasteiger partial charge >= 0.3 is 0 Å². The highest BCUT2D eigenvalue weighted by Crippen LogP contribution is 2.28. The average molecular weight is 401 g/mol. The Morgan fingerprint density at radius 2 is 1.69 bits per heavy atom. The van der Waals surface area contributed by atoms with Gasteiger partial charge in [-0.2, -0.15) is 5.10 Å². The minimum atomic E-state index is -0.454. The average Bonchev–Trinajstić information content (AvgIpc) is 3.18. The van der Waals surface area contributed by atoms with Crippen molar-refractivity contribution in [1.29, 1.82) is 0 Å². The second-order valence-corrected chi connectivity index (χ2v) is 7.36. The van der Waals surface area contributed by atoms with Gasteiger partial charge in [-0.1, -0.05) is 54.6 Å². The van der Waals surface area contributed by atoms with Crippen molar-refractivity contribution in [2.24, 2.45) is 5.10 Å². The van der Waals surface area contributed by atoms with Crippen molar-refractivity contribution in [3.05, 3.63) is 99.4 Å². The van der Waals surface area contributed by atoms with Gasteiger partial charge in [0.05, 0.1) is 16.0 Å². The van der Waals surface area contributed by atoms with Crippen molar-refractivity contribution in [3.8, 4) is 11.1 Å². The van der Waals surface area contributed by atoms with Crippen LogP contribution in [-0.2, 0) is 0 Å². The van der Waals surface area contributed by atoms with E-state index in [9.17, 15) is 14.9 Å². The molecule has 6 nitrogen and oxygen atoms in total. The van der Waals surface area contributed by atoms with Crippen LogP contribution in [0.4, 0.5) is 5.69 Å². The highest BCUT2D eigenvalue weighted by Gasteiger charge is 2.12. The van der Waals surface area contributed by atoms with E-state index in [0.717, 1.165) is 21.4 Å². The molecule has 0 spiro atoms. The Hall–Kier alpha value is -3.84. The van der Waals surface area contributed by atoms with Crippen molar-refractivity contribution >= 4 is 39.2 Å². The molecular weight excluding hydrogens is 386 g/mol. The summed E-state index contributed by atoms with van der Waals surface area (Å²) in [6.45, 7) is 0. The number of nitrogens with zero attached hydrogens (tertiary/aromatic N) is 2. The summed E-state index contributed by atoms with van der Waals surface area (Å²) in [5.74, 6) is -0.356. The molecule has 1 heterocycles. The Morgan fingerprint density at radius 3 is 2.41 bits per heavy atom. The van der Waals surface area contributed by atoms with Crippen LogP contribution in [0, 0.1) is 10.1 Å². The Labute approximate surface area is 170 Å². The lowest BCUT2D eigenvalue weighted by Crippen LogP contribution is -2.16. The molecule has 0 saturated heterocycles. The number of nitro groups is 1. The SMILES string of the molecule is O=C(NN=Cc1ccc(-c2ccccc2)cc1)c1cc2cc([N+](=O)[O-])ccc2s1. The van der Waals surface area contributed by atoms with Gasteiger partial charge in [-0.3, -0.25) is 14.9 Å². The van der Waals surface area contributed by atoms with E-state index >= 15 is 0 Å². The summed E-state index contributed by atoms with van der Waals surface area (Å²) in [5.41, 5.74) is 5.59. The molecule has 1 N–H and O–H groups in total. The van der Waals surface area contributed by atoms with Crippen molar-refractivity contribution in [2.75, 3.05) is 0 Å². The van der Waals surface area contributed by atoms with Gasteiger partial charge in [0.25, 0.3) is 11.6 Å². The standard InChI is InChI=1S/C22H15N3O3S/c26-22(21-13-18-12-19(25(27)28)10-11-20(18)29-21)24-23-14-15-6-8-17(9-7-15)16-4-2-1-3-5-16/h1-14H,(H,24,26). The predicted molar refractivity (Wildman–Crippen MR) is 115 cm³/mol. The summed E-state index contributed by atoms with van der Waals surface area (Å²) in [4.78, 5) is 23.2. The van der Waals surface area contributed by atoms with E-state index in [1.807, 2.05) is 54.6 Å². The van der Waals surface area contributed by atoms with Crippen molar-refractivity contribution in [3.63, 3.8) is 0 Å². The fourth-order valence-corrected chi connectivity index (χ4v) is 3.80. The van der Waals surface area contributed by atoms with Gasteiger partial charge < -0.3 is 0 Å². The summed E-state index contributed by atoms with van der Waals surface area (Å²) in [6, 6.07) is 24.1. The molecule has 4 aromatic rings. The third-order valence-electron chi connectivity index (χ3n) is 4.33. The third kappa shape index (κ3) is 4.20. The molecule has 7 heteroatoms. The molecule has 0 bridgehead atoms. The first kappa shape index (κ1) is 18.5. The fourth-order valence-electron chi connectivity index (χ4n) is 2.87. The summed E-state index contributed by atoms with van der Waals surface area (Å²) in [5, 5.41) is 15.5. The van der Waals surface area contributed by atoms with Gasteiger partial charge in [-0.05, 0) is 28.8 Å². The van der Waals surface area contributed by atoms with Gasteiger partial charge in [0.15, 0.2) is 0 Å². The number of hydrogen-bond acceptors (Lipinski definition) is 5. The Kier molecular flexibility index (Phi) is 5.13. The molecule has 142 valence electrons. The molecular formula is C22H15N3O3S. The number of nitrogens with one attached hydrogen (secondary N) is 1. The van der Waals surface area contributed by atoms with Crippen LogP contribution in [0.2, 0.25) is 0 Å². The van der Waals surface area contributed by atoms with Crippen LogP contribution in [-0.4, -0.2) is 17.0 Å². The topological polar surface area (TPSA) is 84.6 Å². The van der Waals surface area contributed by atoms with Crippen LogP contribution >= 0.6 is 11.3 Å². The fraction of sp³-hybridized carbons (Fsp3) is 0. The molecule has 0 unspecified atom stereocenters. The zero-order valence-corrected chi connectivity index (χ0v) is 15.9. The number of thiophene rings is 1. The van der Waals surface area contributed by atoms with Crippen molar-refractivity contribution in [1.82, 2.24) is 5.43 Å². The zero-order chi connectivity index (χ0) is 20.2. The van der Waals surface area contributed by atoms with E-state index in [0.29, 0.717) is 10.3 Å². The van der Waals surface area contributed by atoms with E-state index < -0.39 is 4.92 Å². The van der Waals surface area contributed by atoms with Crippen LogP contribution in [0.25, 0.3) is 21.2 Å². The molecule has 0 aliphatic rings. The maximum Gasteiger partial charge on any atom is 0.281 e. The van der Waals surface area contributed by atoms with Gasteiger partial charge in [-0.25, -0.2) is 5.43 Å². The van der Waals surface area contributed by atoms with E-state index in [-0.39, 0.29) is 11.6 Å². The van der Waals surface area contributed by atoms with Crippen molar-refractivity contribution < 1.29 is 9.72 Å². The zero-order valence-electron chi connectivity index (χ0n) is 15.1. The Morgan fingerprint density at radius 1 is 0.966 bits per heavy atom. The largest absolute Gasteiger partial charge is 0.281 e. The number of amides is 1.